The van der Waals surface area contributed by atoms with Crippen molar-refractivity contribution >= 4 is 21.6 Å². The van der Waals surface area contributed by atoms with E-state index in [0.717, 1.165) is 6.42 Å². The van der Waals surface area contributed by atoms with E-state index in [1.54, 1.807) is 6.07 Å². The molecule has 0 bridgehead atoms. The molecule has 1 aromatic rings. The molecule has 1 N–H and O–H groups in total. The number of hydrogen-bond donors (Lipinski definition) is 1. The molecule has 0 fully saturated rings. The first kappa shape index (κ1) is 13.4. The topological polar surface area (TPSA) is 59.1 Å². The zero-order valence-corrected chi connectivity index (χ0v) is 10.8. The summed E-state index contributed by atoms with van der Waals surface area (Å²) in [5.74, 6) is 0.297. The van der Waals surface area contributed by atoms with Gasteiger partial charge in [-0.2, -0.15) is 0 Å². The average Bonchev–Trinajstić information content (AvgIpc) is 2.26. The van der Waals surface area contributed by atoms with Crippen LogP contribution in [0.4, 0.5) is 0 Å². The van der Waals surface area contributed by atoms with Crippen LogP contribution in [0.15, 0.2) is 23.2 Å². The van der Waals surface area contributed by atoms with Crippen LogP contribution in [0.1, 0.15) is 20.3 Å². The minimum Gasteiger partial charge on any atom is -0.243 e. The van der Waals surface area contributed by atoms with Crippen LogP contribution >= 0.6 is 11.6 Å². The summed E-state index contributed by atoms with van der Waals surface area (Å²) < 4.78 is 26.2. The number of rotatable bonds is 5. The van der Waals surface area contributed by atoms with Gasteiger partial charge in [-0.1, -0.05) is 31.9 Å². The van der Waals surface area contributed by atoms with Gasteiger partial charge in [0.1, 0.15) is 10.0 Å². The van der Waals surface area contributed by atoms with Crippen LogP contribution in [0.5, 0.6) is 0 Å². The fourth-order valence-electron chi connectivity index (χ4n) is 1.05. The van der Waals surface area contributed by atoms with Crippen molar-refractivity contribution in [3.63, 3.8) is 0 Å². The van der Waals surface area contributed by atoms with E-state index >= 15 is 0 Å². The van der Waals surface area contributed by atoms with Crippen LogP contribution in [-0.4, -0.2) is 19.9 Å². The van der Waals surface area contributed by atoms with Crippen LogP contribution < -0.4 is 4.72 Å². The Balaban J connectivity index is 2.83. The molecule has 1 unspecified atom stereocenters. The number of nitrogens with one attached hydrogen (secondary N) is 1. The SMILES string of the molecule is CCC(C)CNS(=O)(=O)c1cccnc1Cl. The molecule has 6 heteroatoms. The minimum absolute atomic E-state index is 0.000786. The standard InChI is InChI=1S/C10H15ClN2O2S/c1-3-8(2)7-13-16(14,15)9-5-4-6-12-10(9)11/h4-6,8,13H,3,7H2,1-2H3. The molecular weight excluding hydrogens is 248 g/mol. The van der Waals surface area contributed by atoms with Crippen molar-refractivity contribution in [1.82, 2.24) is 9.71 Å². The molecule has 1 aromatic heterocycles. The number of aromatic nitrogens is 1. The molecule has 0 amide bonds. The first-order chi connectivity index (χ1) is 7.47. The quantitative estimate of drug-likeness (QED) is 0.827. The molecule has 16 heavy (non-hydrogen) atoms. The van der Waals surface area contributed by atoms with Gasteiger partial charge in [0.15, 0.2) is 0 Å². The van der Waals surface area contributed by atoms with E-state index < -0.39 is 10.0 Å². The monoisotopic (exact) mass is 262 g/mol. The highest BCUT2D eigenvalue weighted by molar-refractivity contribution is 7.89. The van der Waals surface area contributed by atoms with E-state index in [1.807, 2.05) is 13.8 Å². The Bertz CT molecular complexity index is 448. The van der Waals surface area contributed by atoms with Gasteiger partial charge in [0.05, 0.1) is 0 Å². The second-order valence-electron chi connectivity index (χ2n) is 3.66. The lowest BCUT2D eigenvalue weighted by atomic mass is 10.1. The molecule has 1 atom stereocenters. The molecule has 0 aliphatic rings. The van der Waals surface area contributed by atoms with Gasteiger partial charge in [0, 0.05) is 12.7 Å². The lowest BCUT2D eigenvalue weighted by molar-refractivity contribution is 0.528. The average molecular weight is 263 g/mol. The van der Waals surface area contributed by atoms with Gasteiger partial charge < -0.3 is 0 Å². The summed E-state index contributed by atoms with van der Waals surface area (Å²) in [5.41, 5.74) is 0. The third-order valence-electron chi connectivity index (χ3n) is 2.33. The van der Waals surface area contributed by atoms with Crippen molar-refractivity contribution in [2.24, 2.45) is 5.92 Å². The molecule has 0 radical (unpaired) electrons. The highest BCUT2D eigenvalue weighted by atomic mass is 35.5. The van der Waals surface area contributed by atoms with Crippen LogP contribution in [0, 0.1) is 5.92 Å². The fraction of sp³-hybridized carbons (Fsp3) is 0.500. The Morgan fingerprint density at radius 1 is 1.56 bits per heavy atom. The molecule has 0 saturated carbocycles. The van der Waals surface area contributed by atoms with Crippen molar-refractivity contribution in [2.75, 3.05) is 6.54 Å². The maximum Gasteiger partial charge on any atom is 0.243 e. The summed E-state index contributed by atoms with van der Waals surface area (Å²) in [6.07, 6.45) is 2.37. The Kier molecular flexibility index (Phi) is 4.70. The van der Waals surface area contributed by atoms with E-state index in [0.29, 0.717) is 12.5 Å². The molecular formula is C10H15ClN2O2S. The van der Waals surface area contributed by atoms with Gasteiger partial charge in [-0.3, -0.25) is 0 Å². The molecule has 0 aliphatic carbocycles. The van der Waals surface area contributed by atoms with Gasteiger partial charge in [0.2, 0.25) is 10.0 Å². The number of hydrogen-bond acceptors (Lipinski definition) is 3. The smallest absolute Gasteiger partial charge is 0.243 e. The molecule has 0 saturated heterocycles. The van der Waals surface area contributed by atoms with Crippen molar-refractivity contribution < 1.29 is 8.42 Å². The second-order valence-corrected chi connectivity index (χ2v) is 5.75. The molecule has 1 rings (SSSR count). The predicted molar refractivity (Wildman–Crippen MR) is 63.9 cm³/mol. The summed E-state index contributed by atoms with van der Waals surface area (Å²) in [4.78, 5) is 3.77. The van der Waals surface area contributed by atoms with Gasteiger partial charge >= 0.3 is 0 Å². The number of pyridine rings is 1. The fourth-order valence-corrected chi connectivity index (χ4v) is 2.66. The van der Waals surface area contributed by atoms with Gasteiger partial charge in [0.25, 0.3) is 0 Å². The second kappa shape index (κ2) is 5.61. The third kappa shape index (κ3) is 3.43. The Labute approximate surface area is 101 Å². The Hall–Kier alpha value is -0.650. The summed E-state index contributed by atoms with van der Waals surface area (Å²) >= 11 is 5.73. The summed E-state index contributed by atoms with van der Waals surface area (Å²) in [6, 6.07) is 2.98. The Morgan fingerprint density at radius 3 is 2.81 bits per heavy atom. The van der Waals surface area contributed by atoms with Crippen molar-refractivity contribution in [3.8, 4) is 0 Å². The first-order valence-corrected chi connectivity index (χ1v) is 6.93. The Morgan fingerprint density at radius 2 is 2.25 bits per heavy atom. The minimum atomic E-state index is -3.54. The van der Waals surface area contributed by atoms with Crippen LogP contribution in [0.3, 0.4) is 0 Å². The van der Waals surface area contributed by atoms with Gasteiger partial charge in [-0.25, -0.2) is 18.1 Å². The van der Waals surface area contributed by atoms with Gasteiger partial charge in [-0.05, 0) is 18.1 Å². The first-order valence-electron chi connectivity index (χ1n) is 5.07. The van der Waals surface area contributed by atoms with Crippen LogP contribution in [-0.2, 0) is 10.0 Å². The number of halogens is 1. The summed E-state index contributed by atoms with van der Waals surface area (Å²) in [7, 11) is -3.54. The lowest BCUT2D eigenvalue weighted by Crippen LogP contribution is -2.28. The molecule has 4 nitrogen and oxygen atoms in total. The third-order valence-corrected chi connectivity index (χ3v) is 4.20. The van der Waals surface area contributed by atoms with Crippen molar-refractivity contribution in [2.45, 2.75) is 25.2 Å². The maximum absolute atomic E-state index is 11.8. The van der Waals surface area contributed by atoms with E-state index in [9.17, 15) is 8.42 Å². The molecule has 0 spiro atoms. The van der Waals surface area contributed by atoms with Crippen LogP contribution in [0.2, 0.25) is 5.15 Å². The van der Waals surface area contributed by atoms with E-state index in [2.05, 4.69) is 9.71 Å². The highest BCUT2D eigenvalue weighted by Crippen LogP contribution is 2.17. The highest BCUT2D eigenvalue weighted by Gasteiger charge is 2.18. The van der Waals surface area contributed by atoms with Crippen LogP contribution in [0.25, 0.3) is 0 Å². The molecule has 0 aromatic carbocycles. The van der Waals surface area contributed by atoms with E-state index in [-0.39, 0.29) is 10.0 Å². The van der Waals surface area contributed by atoms with Crippen molar-refractivity contribution in [3.05, 3.63) is 23.5 Å². The zero-order chi connectivity index (χ0) is 12.2. The summed E-state index contributed by atoms with van der Waals surface area (Å²) in [6.45, 7) is 4.40. The predicted octanol–water partition coefficient (Wildman–Crippen LogP) is 2.06. The molecule has 1 heterocycles. The van der Waals surface area contributed by atoms with E-state index in [1.165, 1.54) is 12.3 Å². The molecule has 90 valence electrons. The van der Waals surface area contributed by atoms with E-state index in [4.69, 9.17) is 11.6 Å². The van der Waals surface area contributed by atoms with Crippen molar-refractivity contribution in [1.29, 1.82) is 0 Å². The molecule has 0 aliphatic heterocycles. The number of sulfonamides is 1. The number of nitrogens with zero attached hydrogens (tertiary/aromatic N) is 1. The zero-order valence-electron chi connectivity index (χ0n) is 9.27. The lowest BCUT2D eigenvalue weighted by Gasteiger charge is -2.11. The van der Waals surface area contributed by atoms with Gasteiger partial charge in [-0.15, -0.1) is 0 Å². The maximum atomic E-state index is 11.8. The largest absolute Gasteiger partial charge is 0.243 e. The summed E-state index contributed by atoms with van der Waals surface area (Å²) in [5, 5.41) is -0.000786. The normalized spacial score (nSPS) is 13.7.